The molecule has 0 spiro atoms. The number of carbonyl (C=O) groups excluding carboxylic acids is 1. The molecule has 6 heteroatoms. The van der Waals surface area contributed by atoms with E-state index in [1.54, 1.807) is 20.8 Å². The summed E-state index contributed by atoms with van der Waals surface area (Å²) < 4.78 is 10.5. The average molecular weight is 233 g/mol. The minimum absolute atomic E-state index is 0.204. The molecule has 0 saturated carbocycles. The third-order valence-corrected chi connectivity index (χ3v) is 1.82. The van der Waals surface area contributed by atoms with E-state index in [1.165, 1.54) is 6.08 Å². The molecule has 0 amide bonds. The second-order valence-electron chi connectivity index (χ2n) is 3.67. The van der Waals surface area contributed by atoms with Gasteiger partial charge < -0.3 is 19.7 Å². The van der Waals surface area contributed by atoms with Gasteiger partial charge in [-0.3, -0.25) is 0 Å². The minimum atomic E-state index is -1.21. The molecule has 0 bridgehead atoms. The molecule has 0 fully saturated rings. The Kier molecular flexibility index (Phi) is 7.97. The maximum atomic E-state index is 9.88. The topological polar surface area (TPSA) is 88.3 Å². The second kappa shape index (κ2) is 8.38. The minimum Gasteiger partial charge on any atom is -0.391 e. The van der Waals surface area contributed by atoms with Crippen molar-refractivity contribution in [2.24, 2.45) is 4.99 Å². The van der Waals surface area contributed by atoms with Gasteiger partial charge in [-0.25, -0.2) is 4.79 Å². The van der Waals surface area contributed by atoms with Crippen LogP contribution < -0.4 is 0 Å². The van der Waals surface area contributed by atoms with Gasteiger partial charge >= 0.3 is 0 Å². The highest BCUT2D eigenvalue weighted by Crippen LogP contribution is 2.02. The summed E-state index contributed by atoms with van der Waals surface area (Å²) in [5.41, 5.74) is 0. The SMILES string of the molecule is CC(O)COC(C)COC(C)C(O)N=C=O. The lowest BCUT2D eigenvalue weighted by Crippen LogP contribution is -2.29. The van der Waals surface area contributed by atoms with E-state index in [1.807, 2.05) is 0 Å². The molecule has 4 atom stereocenters. The van der Waals surface area contributed by atoms with E-state index in [4.69, 9.17) is 14.6 Å². The van der Waals surface area contributed by atoms with Crippen LogP contribution in [0.25, 0.3) is 0 Å². The zero-order valence-corrected chi connectivity index (χ0v) is 9.79. The molecule has 2 N–H and O–H groups in total. The molecule has 0 rings (SSSR count). The van der Waals surface area contributed by atoms with Crippen molar-refractivity contribution < 1.29 is 24.5 Å². The molecule has 16 heavy (non-hydrogen) atoms. The molecule has 0 aromatic carbocycles. The van der Waals surface area contributed by atoms with Gasteiger partial charge in [0.25, 0.3) is 0 Å². The van der Waals surface area contributed by atoms with Gasteiger partial charge in [0.2, 0.25) is 6.08 Å². The Hall–Kier alpha value is -0.780. The summed E-state index contributed by atoms with van der Waals surface area (Å²) in [6.45, 7) is 5.48. The maximum absolute atomic E-state index is 9.88. The summed E-state index contributed by atoms with van der Waals surface area (Å²) in [6.07, 6.45) is -1.28. The Balaban J connectivity index is 3.73. The van der Waals surface area contributed by atoms with Crippen molar-refractivity contribution in [3.63, 3.8) is 0 Å². The number of ether oxygens (including phenoxy) is 2. The molecule has 0 saturated heterocycles. The highest BCUT2D eigenvalue weighted by molar-refractivity contribution is 5.33. The summed E-state index contributed by atoms with van der Waals surface area (Å²) in [5, 5.41) is 18.2. The third-order valence-electron chi connectivity index (χ3n) is 1.82. The smallest absolute Gasteiger partial charge is 0.237 e. The van der Waals surface area contributed by atoms with Gasteiger partial charge in [-0.15, -0.1) is 0 Å². The monoisotopic (exact) mass is 233 g/mol. The third kappa shape index (κ3) is 7.50. The Morgan fingerprint density at radius 1 is 1.19 bits per heavy atom. The number of nitrogens with zero attached hydrogens (tertiary/aromatic N) is 1. The van der Waals surface area contributed by atoms with Gasteiger partial charge in [-0.05, 0) is 20.8 Å². The van der Waals surface area contributed by atoms with Crippen LogP contribution in [0.15, 0.2) is 4.99 Å². The maximum Gasteiger partial charge on any atom is 0.237 e. The average Bonchev–Trinajstić information content (AvgIpc) is 2.23. The van der Waals surface area contributed by atoms with E-state index in [-0.39, 0.29) is 19.3 Å². The summed E-state index contributed by atoms with van der Waals surface area (Å²) >= 11 is 0. The van der Waals surface area contributed by atoms with Crippen LogP contribution in [0.1, 0.15) is 20.8 Å². The zero-order valence-electron chi connectivity index (χ0n) is 9.79. The standard InChI is InChI=1S/C10H19NO5/c1-7(13)4-15-8(2)5-16-9(3)10(14)11-6-12/h7-10,13-14H,4-5H2,1-3H3. The first-order valence-electron chi connectivity index (χ1n) is 5.13. The number of hydrogen-bond acceptors (Lipinski definition) is 6. The Morgan fingerprint density at radius 2 is 1.81 bits per heavy atom. The van der Waals surface area contributed by atoms with Gasteiger partial charge in [0.1, 0.15) is 6.10 Å². The van der Waals surface area contributed by atoms with E-state index in [0.29, 0.717) is 0 Å². The molecule has 6 nitrogen and oxygen atoms in total. The van der Waals surface area contributed by atoms with Gasteiger partial charge in [0, 0.05) is 0 Å². The largest absolute Gasteiger partial charge is 0.391 e. The Bertz CT molecular complexity index is 227. The van der Waals surface area contributed by atoms with E-state index in [9.17, 15) is 9.90 Å². The van der Waals surface area contributed by atoms with Crippen LogP contribution in [0.3, 0.4) is 0 Å². The fraction of sp³-hybridized carbons (Fsp3) is 0.900. The molecule has 0 aliphatic heterocycles. The van der Waals surface area contributed by atoms with Crippen molar-refractivity contribution in [3.05, 3.63) is 0 Å². The van der Waals surface area contributed by atoms with Crippen molar-refractivity contribution in [1.29, 1.82) is 0 Å². The molecule has 0 aromatic heterocycles. The van der Waals surface area contributed by atoms with E-state index in [0.717, 1.165) is 0 Å². The lowest BCUT2D eigenvalue weighted by Gasteiger charge is -2.19. The first-order valence-corrected chi connectivity index (χ1v) is 5.13. The van der Waals surface area contributed by atoms with Crippen molar-refractivity contribution in [1.82, 2.24) is 0 Å². The molecule has 0 heterocycles. The van der Waals surface area contributed by atoms with Crippen LogP contribution in [0.2, 0.25) is 0 Å². The predicted octanol–water partition coefficient (Wildman–Crippen LogP) is -0.168. The fourth-order valence-corrected chi connectivity index (χ4v) is 0.884. The number of rotatable bonds is 8. The highest BCUT2D eigenvalue weighted by atomic mass is 16.5. The normalized spacial score (nSPS) is 18.3. The van der Waals surface area contributed by atoms with E-state index < -0.39 is 18.4 Å². The van der Waals surface area contributed by atoms with Crippen LogP contribution in [-0.4, -0.2) is 54.0 Å². The van der Waals surface area contributed by atoms with Crippen LogP contribution >= 0.6 is 0 Å². The zero-order chi connectivity index (χ0) is 12.6. The fourth-order valence-electron chi connectivity index (χ4n) is 0.884. The van der Waals surface area contributed by atoms with Crippen molar-refractivity contribution >= 4 is 6.08 Å². The van der Waals surface area contributed by atoms with Gasteiger partial charge in [0.05, 0.1) is 25.4 Å². The highest BCUT2D eigenvalue weighted by Gasteiger charge is 2.15. The number of aliphatic imine (C=N–C) groups is 1. The predicted molar refractivity (Wildman–Crippen MR) is 56.6 cm³/mol. The van der Waals surface area contributed by atoms with Gasteiger partial charge in [-0.1, -0.05) is 0 Å². The van der Waals surface area contributed by atoms with Crippen LogP contribution in [0.4, 0.5) is 0 Å². The summed E-state index contributed by atoms with van der Waals surface area (Å²) in [6, 6.07) is 0. The van der Waals surface area contributed by atoms with E-state index in [2.05, 4.69) is 4.99 Å². The quantitative estimate of drug-likeness (QED) is 0.449. The molecule has 94 valence electrons. The van der Waals surface area contributed by atoms with Gasteiger partial charge in [0.15, 0.2) is 6.23 Å². The van der Waals surface area contributed by atoms with Crippen molar-refractivity contribution in [2.75, 3.05) is 13.2 Å². The molecular weight excluding hydrogens is 214 g/mol. The first-order chi connectivity index (χ1) is 7.47. The second-order valence-corrected chi connectivity index (χ2v) is 3.67. The lowest BCUT2D eigenvalue weighted by atomic mass is 10.3. The Morgan fingerprint density at radius 3 is 2.31 bits per heavy atom. The summed E-state index contributed by atoms with van der Waals surface area (Å²) in [4.78, 5) is 13.0. The first kappa shape index (κ1) is 15.2. The van der Waals surface area contributed by atoms with Gasteiger partial charge in [-0.2, -0.15) is 4.99 Å². The number of aliphatic hydroxyl groups excluding tert-OH is 2. The molecular formula is C10H19NO5. The summed E-state index contributed by atoms with van der Waals surface area (Å²) in [7, 11) is 0. The lowest BCUT2D eigenvalue weighted by molar-refractivity contribution is -0.0793. The molecule has 4 unspecified atom stereocenters. The van der Waals surface area contributed by atoms with E-state index >= 15 is 0 Å². The molecule has 0 aliphatic carbocycles. The van der Waals surface area contributed by atoms with Crippen molar-refractivity contribution in [3.8, 4) is 0 Å². The molecule has 0 radical (unpaired) electrons. The Labute approximate surface area is 94.9 Å². The number of aliphatic hydroxyl groups is 2. The number of isocyanates is 1. The molecule has 0 aromatic rings. The van der Waals surface area contributed by atoms with Crippen LogP contribution in [-0.2, 0) is 14.3 Å². The molecule has 0 aliphatic rings. The number of hydrogen-bond donors (Lipinski definition) is 2. The summed E-state index contributed by atoms with van der Waals surface area (Å²) in [5.74, 6) is 0. The van der Waals surface area contributed by atoms with Crippen LogP contribution in [0.5, 0.6) is 0 Å². The van der Waals surface area contributed by atoms with Crippen LogP contribution in [0, 0.1) is 0 Å². The van der Waals surface area contributed by atoms with Crippen molar-refractivity contribution in [2.45, 2.75) is 45.3 Å².